The van der Waals surface area contributed by atoms with Gasteiger partial charge in [-0.2, -0.15) is 0 Å². The number of hydrogen-bond acceptors (Lipinski definition) is 3. The fourth-order valence-corrected chi connectivity index (χ4v) is 3.44. The second-order valence-corrected chi connectivity index (χ2v) is 6.39. The van der Waals surface area contributed by atoms with Gasteiger partial charge >= 0.3 is 0 Å². The summed E-state index contributed by atoms with van der Waals surface area (Å²) in [4.78, 5) is 16.6. The predicted octanol–water partition coefficient (Wildman–Crippen LogP) is 0.871. The highest BCUT2D eigenvalue weighted by atomic mass is 32.1. The average molecular weight is 302 g/mol. The first-order valence-corrected chi connectivity index (χ1v) is 8.11. The molecule has 0 unspecified atom stereocenters. The van der Waals surface area contributed by atoms with Crippen LogP contribution in [0.2, 0.25) is 0 Å². The fraction of sp³-hybridized carbons (Fsp3) is 0.312. The monoisotopic (exact) mass is 302 g/mol. The molecular weight excluding hydrogens is 282 g/mol. The first-order valence-electron chi connectivity index (χ1n) is 7.23. The molecule has 4 nitrogen and oxygen atoms in total. The van der Waals surface area contributed by atoms with Gasteiger partial charge in [-0.15, -0.1) is 11.3 Å². The number of thiophene rings is 1. The van der Waals surface area contributed by atoms with Gasteiger partial charge in [0, 0.05) is 11.3 Å². The van der Waals surface area contributed by atoms with E-state index in [-0.39, 0.29) is 5.91 Å². The van der Waals surface area contributed by atoms with Crippen molar-refractivity contribution in [2.75, 3.05) is 31.9 Å². The summed E-state index contributed by atoms with van der Waals surface area (Å²) in [6, 6.07) is 11.9. The van der Waals surface area contributed by atoms with Gasteiger partial charge in [0.2, 0.25) is 0 Å². The van der Waals surface area contributed by atoms with E-state index in [0.29, 0.717) is 0 Å². The number of nitrogen functional groups attached to an aromatic ring is 1. The second kappa shape index (κ2) is 6.28. The Morgan fingerprint density at radius 3 is 2.71 bits per heavy atom. The lowest BCUT2D eigenvalue weighted by molar-refractivity contribution is -0.917. The van der Waals surface area contributed by atoms with Crippen LogP contribution in [-0.4, -0.2) is 37.0 Å². The third-order valence-corrected chi connectivity index (χ3v) is 4.75. The van der Waals surface area contributed by atoms with Crippen molar-refractivity contribution in [3.8, 4) is 0 Å². The molecule has 5 heteroatoms. The van der Waals surface area contributed by atoms with Crippen molar-refractivity contribution in [1.82, 2.24) is 4.90 Å². The van der Waals surface area contributed by atoms with Crippen LogP contribution in [0.1, 0.15) is 15.2 Å². The summed E-state index contributed by atoms with van der Waals surface area (Å²) in [5.74, 6) is 0.174. The van der Waals surface area contributed by atoms with Crippen molar-refractivity contribution >= 4 is 22.9 Å². The molecule has 110 valence electrons. The maximum absolute atomic E-state index is 12.3. The first-order chi connectivity index (χ1) is 10.2. The molecule has 1 amide bonds. The van der Waals surface area contributed by atoms with E-state index < -0.39 is 0 Å². The molecule has 0 spiro atoms. The standard InChI is InChI=1S/C16H19N3OS/c17-14-4-1-3-13(11-14)12-18-6-8-19(9-7-18)16(20)15-5-2-10-21-15/h1-5,10-11H,6-9,12,17H2/p+1. The molecule has 1 aromatic heterocycles. The van der Waals surface area contributed by atoms with Crippen molar-refractivity contribution < 1.29 is 9.69 Å². The maximum Gasteiger partial charge on any atom is 0.264 e. The number of anilines is 1. The predicted molar refractivity (Wildman–Crippen MR) is 85.5 cm³/mol. The number of nitrogens with two attached hydrogens (primary N) is 1. The normalized spacial score (nSPS) is 16.1. The van der Waals surface area contributed by atoms with Crippen LogP contribution < -0.4 is 10.6 Å². The molecule has 1 aromatic carbocycles. The smallest absolute Gasteiger partial charge is 0.264 e. The number of nitrogens with one attached hydrogen (secondary N) is 1. The molecule has 21 heavy (non-hydrogen) atoms. The van der Waals surface area contributed by atoms with Crippen LogP contribution in [0, 0.1) is 0 Å². The zero-order valence-electron chi connectivity index (χ0n) is 11.9. The number of carbonyl (C=O) groups is 1. The lowest BCUT2D eigenvalue weighted by Gasteiger charge is -2.32. The summed E-state index contributed by atoms with van der Waals surface area (Å²) in [7, 11) is 0. The van der Waals surface area contributed by atoms with Crippen molar-refractivity contribution in [3.05, 3.63) is 52.2 Å². The Hall–Kier alpha value is -1.85. The molecule has 2 heterocycles. The molecule has 3 N–H and O–H groups in total. The van der Waals surface area contributed by atoms with Gasteiger partial charge in [-0.3, -0.25) is 4.79 Å². The quantitative estimate of drug-likeness (QED) is 0.827. The van der Waals surface area contributed by atoms with Crippen molar-refractivity contribution in [2.45, 2.75) is 6.54 Å². The van der Waals surface area contributed by atoms with Gasteiger partial charge in [-0.25, -0.2) is 0 Å². The Morgan fingerprint density at radius 2 is 2.05 bits per heavy atom. The number of rotatable bonds is 3. The Bertz CT molecular complexity index is 604. The molecule has 1 saturated heterocycles. The van der Waals surface area contributed by atoms with E-state index >= 15 is 0 Å². The lowest BCUT2D eigenvalue weighted by Crippen LogP contribution is -3.13. The first kappa shape index (κ1) is 14.1. The highest BCUT2D eigenvalue weighted by Crippen LogP contribution is 2.12. The van der Waals surface area contributed by atoms with Crippen LogP contribution in [0.15, 0.2) is 41.8 Å². The van der Waals surface area contributed by atoms with E-state index in [9.17, 15) is 4.79 Å². The van der Waals surface area contributed by atoms with Crippen LogP contribution in [0.3, 0.4) is 0 Å². The molecule has 1 aliphatic heterocycles. The molecule has 0 atom stereocenters. The van der Waals surface area contributed by atoms with Gasteiger partial charge < -0.3 is 15.5 Å². The van der Waals surface area contributed by atoms with E-state index in [4.69, 9.17) is 5.73 Å². The Balaban J connectivity index is 1.54. The van der Waals surface area contributed by atoms with E-state index in [2.05, 4.69) is 6.07 Å². The number of nitrogens with zero attached hydrogens (tertiary/aromatic N) is 1. The van der Waals surface area contributed by atoms with Crippen LogP contribution in [0.4, 0.5) is 5.69 Å². The summed E-state index contributed by atoms with van der Waals surface area (Å²) in [6.45, 7) is 4.62. The largest absolute Gasteiger partial charge is 0.399 e. The van der Waals surface area contributed by atoms with Crippen LogP contribution in [0.5, 0.6) is 0 Å². The minimum atomic E-state index is 0.174. The number of piperazine rings is 1. The molecule has 2 aromatic rings. The van der Waals surface area contributed by atoms with Gasteiger partial charge in [0.05, 0.1) is 31.1 Å². The van der Waals surface area contributed by atoms with Crippen molar-refractivity contribution in [3.63, 3.8) is 0 Å². The van der Waals surface area contributed by atoms with Gasteiger partial charge in [-0.05, 0) is 23.6 Å². The number of carbonyl (C=O) groups excluding carboxylic acids is 1. The van der Waals surface area contributed by atoms with Gasteiger partial charge in [0.15, 0.2) is 0 Å². The maximum atomic E-state index is 12.3. The molecular formula is C16H20N3OS+. The lowest BCUT2D eigenvalue weighted by atomic mass is 10.1. The SMILES string of the molecule is Nc1cccc(C[NH+]2CCN(C(=O)c3cccs3)CC2)c1. The minimum Gasteiger partial charge on any atom is -0.399 e. The summed E-state index contributed by atoms with van der Waals surface area (Å²) in [5, 5.41) is 1.95. The molecule has 3 rings (SSSR count). The van der Waals surface area contributed by atoms with Gasteiger partial charge in [0.1, 0.15) is 6.54 Å². The third kappa shape index (κ3) is 3.43. The minimum absolute atomic E-state index is 0.174. The van der Waals surface area contributed by atoms with Crippen LogP contribution >= 0.6 is 11.3 Å². The number of hydrogen-bond donors (Lipinski definition) is 2. The summed E-state index contributed by atoms with van der Waals surface area (Å²) in [5.41, 5.74) is 7.90. The zero-order chi connectivity index (χ0) is 14.7. The van der Waals surface area contributed by atoms with Crippen molar-refractivity contribution in [2.24, 2.45) is 0 Å². The topological polar surface area (TPSA) is 50.8 Å². The summed E-state index contributed by atoms with van der Waals surface area (Å²) < 4.78 is 0. The van der Waals surface area contributed by atoms with Gasteiger partial charge in [-0.1, -0.05) is 18.2 Å². The highest BCUT2D eigenvalue weighted by molar-refractivity contribution is 7.12. The molecule has 0 aliphatic carbocycles. The van der Waals surface area contributed by atoms with E-state index in [1.165, 1.54) is 21.8 Å². The van der Waals surface area contributed by atoms with Gasteiger partial charge in [0.25, 0.3) is 5.91 Å². The zero-order valence-corrected chi connectivity index (χ0v) is 12.7. The Morgan fingerprint density at radius 1 is 1.24 bits per heavy atom. The Kier molecular flexibility index (Phi) is 4.22. The molecule has 1 fully saturated rings. The second-order valence-electron chi connectivity index (χ2n) is 5.44. The number of benzene rings is 1. The number of quaternary nitrogens is 1. The molecule has 0 saturated carbocycles. The highest BCUT2D eigenvalue weighted by Gasteiger charge is 2.24. The van der Waals surface area contributed by atoms with Crippen LogP contribution in [0.25, 0.3) is 0 Å². The van der Waals surface area contributed by atoms with E-state index in [1.807, 2.05) is 40.6 Å². The number of amides is 1. The average Bonchev–Trinajstić information content (AvgIpc) is 3.01. The third-order valence-electron chi connectivity index (χ3n) is 3.89. The fourth-order valence-electron chi connectivity index (χ4n) is 2.75. The molecule has 0 radical (unpaired) electrons. The summed E-state index contributed by atoms with van der Waals surface area (Å²) in [6.07, 6.45) is 0. The summed E-state index contributed by atoms with van der Waals surface area (Å²) >= 11 is 1.52. The Labute approximate surface area is 128 Å². The van der Waals surface area contributed by atoms with Crippen LogP contribution in [-0.2, 0) is 6.54 Å². The van der Waals surface area contributed by atoms with E-state index in [1.54, 1.807) is 0 Å². The van der Waals surface area contributed by atoms with Crippen molar-refractivity contribution in [1.29, 1.82) is 0 Å². The molecule has 1 aliphatic rings. The van der Waals surface area contributed by atoms with E-state index in [0.717, 1.165) is 43.3 Å². The molecule has 0 bridgehead atoms.